The first-order valence-corrected chi connectivity index (χ1v) is 26.0. The van der Waals surface area contributed by atoms with Crippen molar-refractivity contribution in [2.75, 3.05) is 7.11 Å². The molecule has 0 spiro atoms. The maximum Gasteiger partial charge on any atom is 0.308 e. The highest BCUT2D eigenvalue weighted by Crippen LogP contribution is 2.42. The van der Waals surface area contributed by atoms with Gasteiger partial charge in [-0.05, 0) is 184 Å². The van der Waals surface area contributed by atoms with Crippen molar-refractivity contribution in [2.45, 2.75) is 189 Å². The van der Waals surface area contributed by atoms with Gasteiger partial charge in [0.05, 0.1) is 36.7 Å². The summed E-state index contributed by atoms with van der Waals surface area (Å²) in [5, 5.41) is 17.7. The predicted octanol–water partition coefficient (Wildman–Crippen LogP) is 13.5. The van der Waals surface area contributed by atoms with E-state index in [1.54, 1.807) is 0 Å². The molecular formula is C59H84N2O7. The number of aryl methyl sites for hydroxylation is 2. The second-order valence-electron chi connectivity index (χ2n) is 22.8. The van der Waals surface area contributed by atoms with Crippen LogP contribution in [0.5, 0.6) is 11.5 Å². The lowest BCUT2D eigenvalue weighted by atomic mass is 9.72. The fraction of sp³-hybridized carbons (Fsp3) is 0.610. The van der Waals surface area contributed by atoms with Gasteiger partial charge in [0.15, 0.2) is 6.29 Å². The van der Waals surface area contributed by atoms with Gasteiger partial charge in [-0.15, -0.1) is 0 Å². The summed E-state index contributed by atoms with van der Waals surface area (Å²) in [6, 6.07) is 21.6. The molecule has 4 aromatic carbocycles. The van der Waals surface area contributed by atoms with Gasteiger partial charge in [0.25, 0.3) is 0 Å². The largest absolute Gasteiger partial charge is 0.490 e. The number of nitrogens with one attached hydrogen (secondary N) is 1. The maximum absolute atomic E-state index is 11.7. The fourth-order valence-corrected chi connectivity index (χ4v) is 11.4. The Kier molecular flexibility index (Phi) is 18.6. The number of carbonyl (C=O) groups is 3. The lowest BCUT2D eigenvalue weighted by Crippen LogP contribution is -2.35. The number of esters is 1. The maximum atomic E-state index is 11.7. The summed E-state index contributed by atoms with van der Waals surface area (Å²) in [4.78, 5) is 34.0. The smallest absolute Gasteiger partial charge is 0.308 e. The van der Waals surface area contributed by atoms with E-state index in [-0.39, 0.29) is 30.0 Å². The Hall–Kier alpha value is -4.47. The van der Waals surface area contributed by atoms with Crippen molar-refractivity contribution in [3.63, 3.8) is 0 Å². The van der Waals surface area contributed by atoms with E-state index in [2.05, 4.69) is 102 Å². The molecular weight excluding hydrogens is 849 g/mol. The average molecular weight is 933 g/mol. The van der Waals surface area contributed by atoms with Gasteiger partial charge in [0.1, 0.15) is 11.5 Å². The number of carboxylic acid groups (broad SMARTS) is 1. The molecule has 0 amide bonds. The summed E-state index contributed by atoms with van der Waals surface area (Å²) < 4.78 is 17.6. The Labute approximate surface area is 408 Å². The number of fused-ring (bicyclic) bond motifs is 2. The molecule has 4 saturated carbocycles. The van der Waals surface area contributed by atoms with E-state index in [9.17, 15) is 19.5 Å². The molecule has 9 nitrogen and oxygen atoms in total. The van der Waals surface area contributed by atoms with Crippen LogP contribution in [0.3, 0.4) is 0 Å². The highest BCUT2D eigenvalue weighted by molar-refractivity contribution is 6.02. The van der Waals surface area contributed by atoms with Gasteiger partial charge in [-0.2, -0.15) is 0 Å². The van der Waals surface area contributed by atoms with Crippen molar-refractivity contribution in [3.8, 4) is 11.5 Å². The number of hydrogen-bond acceptors (Lipinski definition) is 8. The summed E-state index contributed by atoms with van der Waals surface area (Å²) in [6.07, 6.45) is 17.8. The van der Waals surface area contributed by atoms with Gasteiger partial charge < -0.3 is 30.4 Å². The summed E-state index contributed by atoms with van der Waals surface area (Å²) in [5.41, 5.74) is 10.8. The van der Waals surface area contributed by atoms with Crippen LogP contribution in [0.4, 0.5) is 0 Å². The third-order valence-corrected chi connectivity index (χ3v) is 16.0. The Bertz CT molecular complexity index is 2280. The van der Waals surface area contributed by atoms with Crippen LogP contribution < -0.4 is 20.5 Å². The molecule has 68 heavy (non-hydrogen) atoms. The van der Waals surface area contributed by atoms with Crippen molar-refractivity contribution in [2.24, 2.45) is 40.2 Å². The van der Waals surface area contributed by atoms with Gasteiger partial charge >= 0.3 is 11.9 Å². The number of rotatable bonds is 10. The standard InChI is InChI=1S/C29H41NO3.C22H28O2.C8H15NO2/c1-19-17-27(33-23-15-11-21(12-16-23)29(2,3)4)26(25-8-6-5-7-24(19)25)18-30-22-13-9-20(10-14-22)28(31)32;1-15-13-21(20(14-23)19-8-6-5-7-18(15)19)24-17-11-9-16(10-12-17)22(2,3)4;1-11-8(10)6-2-4-7(9)5-3-6/h5-8,17,20-23,30H,9-16,18H2,1-4H3,(H,31,32);5-8,13-14,16-17H,9-12H2,1-4H3;6-7H,2-5,9H2,1H3. The first-order valence-electron chi connectivity index (χ1n) is 26.0. The van der Waals surface area contributed by atoms with E-state index < -0.39 is 5.97 Å². The van der Waals surface area contributed by atoms with E-state index in [0.717, 1.165) is 130 Å². The van der Waals surface area contributed by atoms with Gasteiger partial charge in [-0.3, -0.25) is 14.4 Å². The van der Waals surface area contributed by atoms with E-state index in [1.165, 1.54) is 54.7 Å². The number of carbonyl (C=O) groups excluding carboxylic acids is 2. The lowest BCUT2D eigenvalue weighted by Gasteiger charge is -2.37. The number of aliphatic carboxylic acids is 1. The number of benzene rings is 4. The molecule has 4 N–H and O–H groups in total. The number of methoxy groups -OCH3 is 1. The zero-order chi connectivity index (χ0) is 49.2. The van der Waals surface area contributed by atoms with Gasteiger partial charge in [-0.1, -0.05) is 90.1 Å². The summed E-state index contributed by atoms with van der Waals surface area (Å²) in [5.74, 6) is 2.54. The van der Waals surface area contributed by atoms with Crippen LogP contribution in [-0.4, -0.2) is 54.7 Å². The monoisotopic (exact) mass is 933 g/mol. The van der Waals surface area contributed by atoms with Crippen LogP contribution in [0, 0.1) is 48.3 Å². The van der Waals surface area contributed by atoms with Crippen LogP contribution in [0.1, 0.15) is 171 Å². The first-order chi connectivity index (χ1) is 32.4. The quantitative estimate of drug-likeness (QED) is 0.105. The minimum Gasteiger partial charge on any atom is -0.490 e. The molecule has 0 aliphatic heterocycles. The Morgan fingerprint density at radius 1 is 0.632 bits per heavy atom. The van der Waals surface area contributed by atoms with Crippen LogP contribution in [-0.2, 0) is 20.9 Å². The molecule has 0 unspecified atom stereocenters. The van der Waals surface area contributed by atoms with Crippen molar-refractivity contribution >= 4 is 39.8 Å². The fourth-order valence-electron chi connectivity index (χ4n) is 11.4. The molecule has 4 aliphatic rings. The van der Waals surface area contributed by atoms with Crippen molar-refractivity contribution in [3.05, 3.63) is 82.9 Å². The average Bonchev–Trinajstić information content (AvgIpc) is 3.32. The van der Waals surface area contributed by atoms with Gasteiger partial charge in [-0.25, -0.2) is 0 Å². The second kappa shape index (κ2) is 23.9. The molecule has 0 heterocycles. The zero-order valence-corrected chi connectivity index (χ0v) is 43.0. The summed E-state index contributed by atoms with van der Waals surface area (Å²) >= 11 is 0. The topological polar surface area (TPSA) is 137 Å². The highest BCUT2D eigenvalue weighted by atomic mass is 16.5. The van der Waals surface area contributed by atoms with E-state index in [0.29, 0.717) is 28.5 Å². The molecule has 0 atom stereocenters. The Balaban J connectivity index is 0.000000189. The van der Waals surface area contributed by atoms with E-state index in [1.807, 2.05) is 24.3 Å². The van der Waals surface area contributed by atoms with Gasteiger partial charge in [0.2, 0.25) is 0 Å². The van der Waals surface area contributed by atoms with Crippen LogP contribution in [0.25, 0.3) is 21.5 Å². The third-order valence-electron chi connectivity index (χ3n) is 16.0. The zero-order valence-electron chi connectivity index (χ0n) is 43.0. The van der Waals surface area contributed by atoms with Gasteiger partial charge in [0, 0.05) is 24.2 Å². The number of carboxylic acids is 1. The minimum atomic E-state index is -0.644. The van der Waals surface area contributed by atoms with Crippen LogP contribution in [0.2, 0.25) is 0 Å². The molecule has 372 valence electrons. The summed E-state index contributed by atoms with van der Waals surface area (Å²) in [7, 11) is 1.44. The molecule has 0 bridgehead atoms. The first kappa shape index (κ1) is 52.9. The molecule has 4 fully saturated rings. The normalized spacial score (nSPS) is 25.5. The lowest BCUT2D eigenvalue weighted by molar-refractivity contribution is -0.146. The minimum absolute atomic E-state index is 0.0723. The number of hydrogen-bond donors (Lipinski definition) is 3. The molecule has 0 radical (unpaired) electrons. The molecule has 0 aromatic heterocycles. The third kappa shape index (κ3) is 14.1. The van der Waals surface area contributed by atoms with Crippen molar-refractivity contribution < 1.29 is 33.7 Å². The Morgan fingerprint density at radius 3 is 1.54 bits per heavy atom. The molecule has 9 heteroatoms. The molecule has 4 aliphatic carbocycles. The number of ether oxygens (including phenoxy) is 3. The van der Waals surface area contributed by atoms with Crippen LogP contribution >= 0.6 is 0 Å². The van der Waals surface area contributed by atoms with Crippen molar-refractivity contribution in [1.29, 1.82) is 0 Å². The number of nitrogens with two attached hydrogens (primary N) is 1. The second-order valence-corrected chi connectivity index (χ2v) is 22.8. The number of aldehydes is 1. The Morgan fingerprint density at radius 2 is 1.07 bits per heavy atom. The highest BCUT2D eigenvalue weighted by Gasteiger charge is 2.33. The molecule has 8 rings (SSSR count). The predicted molar refractivity (Wildman–Crippen MR) is 277 cm³/mol. The van der Waals surface area contributed by atoms with E-state index >= 15 is 0 Å². The van der Waals surface area contributed by atoms with Crippen LogP contribution in [0.15, 0.2) is 60.7 Å². The molecule has 0 saturated heterocycles. The SMILES string of the molecule is COC(=O)C1CCC(N)CC1.Cc1cc(OC2CCC(C(C)(C)C)CC2)c(C=O)c2ccccc12.Cc1cc(OC2CCC(C(C)(C)C)CC2)c(CNC2CCC(C(=O)O)CC2)c2ccccc12. The van der Waals surface area contributed by atoms with E-state index in [4.69, 9.17) is 15.2 Å². The van der Waals surface area contributed by atoms with Crippen molar-refractivity contribution in [1.82, 2.24) is 5.32 Å². The summed E-state index contributed by atoms with van der Waals surface area (Å²) in [6.45, 7) is 19.1. The molecule has 4 aromatic rings.